The summed E-state index contributed by atoms with van der Waals surface area (Å²) in [6.07, 6.45) is -4.21. The van der Waals surface area contributed by atoms with E-state index in [0.717, 1.165) is 0 Å². The summed E-state index contributed by atoms with van der Waals surface area (Å²) < 4.78 is 34.8. The van der Waals surface area contributed by atoms with Crippen LogP contribution < -0.4 is 0 Å². The molecule has 9 heavy (non-hydrogen) atoms. The third-order valence-corrected chi connectivity index (χ3v) is 1.58. The van der Waals surface area contributed by atoms with Gasteiger partial charge in [0.05, 0.1) is 0 Å². The molecule has 0 aliphatic heterocycles. The first-order valence-corrected chi connectivity index (χ1v) is 3.01. The lowest BCUT2D eigenvalue weighted by molar-refractivity contribution is -0.134. The maximum Gasteiger partial charge on any atom is 0.426 e. The van der Waals surface area contributed by atoms with Crippen LogP contribution in [-0.2, 0) is 6.18 Å². The molecule has 0 unspecified atom stereocenters. The van der Waals surface area contributed by atoms with E-state index in [1.807, 2.05) is 0 Å². The van der Waals surface area contributed by atoms with Gasteiger partial charge in [0.25, 0.3) is 0 Å². The molecule has 0 fully saturated rings. The molecule has 1 radical (unpaired) electrons. The van der Waals surface area contributed by atoms with Gasteiger partial charge in [0.1, 0.15) is 4.88 Å². The second kappa shape index (κ2) is 2.02. The Morgan fingerprint density at radius 3 is 2.33 bits per heavy atom. The van der Waals surface area contributed by atoms with Gasteiger partial charge in [0.2, 0.25) is 0 Å². The molecule has 0 aliphatic carbocycles. The van der Waals surface area contributed by atoms with Gasteiger partial charge < -0.3 is 0 Å². The fourth-order valence-corrected chi connectivity index (χ4v) is 0.936. The molecule has 0 bridgehead atoms. The molecule has 1 heterocycles. The first-order valence-electron chi connectivity index (χ1n) is 2.13. The molecule has 0 saturated heterocycles. The second-order valence-electron chi connectivity index (χ2n) is 1.39. The van der Waals surface area contributed by atoms with E-state index in [0.29, 0.717) is 11.3 Å². The molecule has 0 spiro atoms. The van der Waals surface area contributed by atoms with Crippen molar-refractivity contribution in [2.45, 2.75) is 6.18 Å². The highest BCUT2D eigenvalue weighted by atomic mass is 32.1. The van der Waals surface area contributed by atoms with Crippen molar-refractivity contribution in [3.63, 3.8) is 0 Å². The Bertz CT molecular complexity index is 175. The van der Waals surface area contributed by atoms with E-state index in [9.17, 15) is 13.2 Å². The summed E-state index contributed by atoms with van der Waals surface area (Å²) in [6, 6.07) is 3.33. The Kier molecular flexibility index (Phi) is 1.48. The molecular weight excluding hydrogens is 149 g/mol. The highest BCUT2D eigenvalue weighted by Gasteiger charge is 2.31. The smallest absolute Gasteiger partial charge is 0.165 e. The lowest BCUT2D eigenvalue weighted by Crippen LogP contribution is -2.00. The minimum atomic E-state index is -4.21. The van der Waals surface area contributed by atoms with Gasteiger partial charge in [-0.2, -0.15) is 13.2 Å². The van der Waals surface area contributed by atoms with Gasteiger partial charge in [-0.25, -0.2) is 0 Å². The van der Waals surface area contributed by atoms with Crippen molar-refractivity contribution in [1.82, 2.24) is 0 Å². The van der Waals surface area contributed by atoms with Crippen molar-refractivity contribution in [3.05, 3.63) is 22.4 Å². The summed E-state index contributed by atoms with van der Waals surface area (Å²) in [5.74, 6) is 0. The van der Waals surface area contributed by atoms with Gasteiger partial charge >= 0.3 is 6.18 Å². The van der Waals surface area contributed by atoms with Crippen LogP contribution in [0.2, 0.25) is 0 Å². The molecule has 0 saturated carbocycles. The van der Waals surface area contributed by atoms with Gasteiger partial charge in [-0.05, 0) is 11.4 Å². The normalized spacial score (nSPS) is 11.9. The Morgan fingerprint density at radius 1 is 1.44 bits per heavy atom. The Hall–Kier alpha value is -0.510. The molecular formula is C5H2F3S. The van der Waals surface area contributed by atoms with E-state index in [-0.39, 0.29) is 0 Å². The fraction of sp³-hybridized carbons (Fsp3) is 0.200. The predicted molar refractivity (Wildman–Crippen MR) is 28.2 cm³/mol. The van der Waals surface area contributed by atoms with Crippen molar-refractivity contribution in [3.8, 4) is 0 Å². The molecule has 49 valence electrons. The molecule has 1 aromatic rings. The molecule has 0 amide bonds. The van der Waals surface area contributed by atoms with Crippen molar-refractivity contribution >= 4 is 11.3 Å². The molecule has 0 nitrogen and oxygen atoms in total. The third-order valence-electron chi connectivity index (χ3n) is 0.726. The third kappa shape index (κ3) is 1.45. The van der Waals surface area contributed by atoms with Crippen LogP contribution in [0.3, 0.4) is 0 Å². The van der Waals surface area contributed by atoms with Gasteiger partial charge in [0.15, 0.2) is 0 Å². The zero-order valence-electron chi connectivity index (χ0n) is 4.20. The minimum Gasteiger partial charge on any atom is -0.165 e. The summed E-state index contributed by atoms with van der Waals surface area (Å²) >= 11 is 0.649. The van der Waals surface area contributed by atoms with Crippen LogP contribution in [0, 0.1) is 6.07 Å². The van der Waals surface area contributed by atoms with Gasteiger partial charge in [-0.1, -0.05) is 0 Å². The van der Waals surface area contributed by atoms with E-state index < -0.39 is 11.1 Å². The second-order valence-corrected chi connectivity index (χ2v) is 2.31. The standard InChI is InChI=1S/C5H2F3S/c6-5(7,8)4-2-1-3-9-4/h1,3H. The molecule has 0 aliphatic rings. The summed E-state index contributed by atoms with van der Waals surface area (Å²) in [7, 11) is 0. The quantitative estimate of drug-likeness (QED) is 0.534. The lowest BCUT2D eigenvalue weighted by Gasteiger charge is -1.99. The molecule has 1 rings (SSSR count). The zero-order chi connectivity index (χ0) is 6.91. The van der Waals surface area contributed by atoms with Crippen LogP contribution >= 0.6 is 11.3 Å². The Morgan fingerprint density at radius 2 is 2.11 bits per heavy atom. The van der Waals surface area contributed by atoms with Gasteiger partial charge in [-0.3, -0.25) is 0 Å². The minimum absolute atomic E-state index is 0.649. The monoisotopic (exact) mass is 151 g/mol. The number of halogens is 3. The average Bonchev–Trinajstić information content (AvgIpc) is 2.08. The molecule has 0 aromatic carbocycles. The van der Waals surface area contributed by atoms with Crippen LogP contribution in [0.25, 0.3) is 0 Å². The number of hydrogen-bond donors (Lipinski definition) is 0. The highest BCUT2D eigenvalue weighted by molar-refractivity contribution is 7.10. The van der Waals surface area contributed by atoms with Crippen molar-refractivity contribution in [2.75, 3.05) is 0 Å². The molecule has 0 N–H and O–H groups in total. The van der Waals surface area contributed by atoms with Gasteiger partial charge in [-0.15, -0.1) is 11.3 Å². The van der Waals surface area contributed by atoms with E-state index in [1.54, 1.807) is 0 Å². The fourth-order valence-electron chi connectivity index (χ4n) is 0.394. The first kappa shape index (κ1) is 6.61. The van der Waals surface area contributed by atoms with Crippen molar-refractivity contribution in [1.29, 1.82) is 0 Å². The predicted octanol–water partition coefficient (Wildman–Crippen LogP) is 2.57. The highest BCUT2D eigenvalue weighted by Crippen LogP contribution is 2.31. The zero-order valence-corrected chi connectivity index (χ0v) is 5.01. The van der Waals surface area contributed by atoms with Crippen molar-refractivity contribution < 1.29 is 13.2 Å². The van der Waals surface area contributed by atoms with E-state index in [2.05, 4.69) is 6.07 Å². The Labute approximate surface area is 53.9 Å². The molecule has 4 heteroatoms. The van der Waals surface area contributed by atoms with Crippen LogP contribution in [0.4, 0.5) is 13.2 Å². The van der Waals surface area contributed by atoms with E-state index in [4.69, 9.17) is 0 Å². The SMILES string of the molecule is FC(F)(F)c1[c]ccs1. The first-order chi connectivity index (χ1) is 4.11. The number of hydrogen-bond acceptors (Lipinski definition) is 1. The number of rotatable bonds is 0. The van der Waals surface area contributed by atoms with Crippen LogP contribution in [-0.4, -0.2) is 0 Å². The van der Waals surface area contributed by atoms with E-state index >= 15 is 0 Å². The maximum atomic E-state index is 11.6. The summed E-state index contributed by atoms with van der Waals surface area (Å²) in [5.41, 5.74) is 0. The topological polar surface area (TPSA) is 0 Å². The Balaban J connectivity index is 2.90. The summed E-state index contributed by atoms with van der Waals surface area (Å²) in [4.78, 5) is -0.664. The number of alkyl halides is 3. The average molecular weight is 151 g/mol. The van der Waals surface area contributed by atoms with Crippen LogP contribution in [0.1, 0.15) is 4.88 Å². The van der Waals surface area contributed by atoms with Crippen LogP contribution in [0.15, 0.2) is 11.4 Å². The summed E-state index contributed by atoms with van der Waals surface area (Å²) in [5, 5.41) is 1.35. The molecule has 0 atom stereocenters. The van der Waals surface area contributed by atoms with Crippen molar-refractivity contribution in [2.24, 2.45) is 0 Å². The van der Waals surface area contributed by atoms with Crippen LogP contribution in [0.5, 0.6) is 0 Å². The van der Waals surface area contributed by atoms with E-state index in [1.165, 1.54) is 11.4 Å². The summed E-state index contributed by atoms with van der Waals surface area (Å²) in [6.45, 7) is 0. The van der Waals surface area contributed by atoms with Gasteiger partial charge in [0, 0.05) is 6.07 Å². The maximum absolute atomic E-state index is 11.6. The largest absolute Gasteiger partial charge is 0.426 e. The lowest BCUT2D eigenvalue weighted by atomic mass is 10.5. The number of thiophene rings is 1. The molecule has 1 aromatic heterocycles.